The Morgan fingerprint density at radius 2 is 1.90 bits per heavy atom. The molecule has 1 aromatic carbocycles. The summed E-state index contributed by atoms with van der Waals surface area (Å²) in [7, 11) is 0. The molecule has 2 aliphatic carbocycles. The SMILES string of the molecule is Cc1nn(-c2ccccc2N([O-])O)c(C)c1C1C=CC(NC(=S)NC2CCCCC2)C1. The zero-order chi connectivity index (χ0) is 22.0. The van der Waals surface area contributed by atoms with Crippen LogP contribution in [-0.4, -0.2) is 32.2 Å². The summed E-state index contributed by atoms with van der Waals surface area (Å²) in [6.07, 6.45) is 11.5. The van der Waals surface area contributed by atoms with Gasteiger partial charge in [-0.25, -0.2) is 4.68 Å². The van der Waals surface area contributed by atoms with Gasteiger partial charge in [-0.1, -0.05) is 43.5 Å². The summed E-state index contributed by atoms with van der Waals surface area (Å²) in [5.41, 5.74) is 3.75. The predicted molar refractivity (Wildman–Crippen MR) is 127 cm³/mol. The van der Waals surface area contributed by atoms with Crippen molar-refractivity contribution in [2.45, 2.75) is 70.4 Å². The second kappa shape index (κ2) is 9.38. The van der Waals surface area contributed by atoms with E-state index in [9.17, 15) is 10.4 Å². The fourth-order valence-electron chi connectivity index (χ4n) is 4.89. The molecular formula is C23H30N5O2S-. The highest BCUT2D eigenvalue weighted by molar-refractivity contribution is 7.80. The van der Waals surface area contributed by atoms with E-state index in [1.165, 1.54) is 32.1 Å². The lowest BCUT2D eigenvalue weighted by Gasteiger charge is -2.25. The molecule has 3 N–H and O–H groups in total. The minimum absolute atomic E-state index is 0.110. The van der Waals surface area contributed by atoms with Gasteiger partial charge in [0.25, 0.3) is 0 Å². The van der Waals surface area contributed by atoms with Crippen molar-refractivity contribution >= 4 is 23.0 Å². The van der Waals surface area contributed by atoms with E-state index in [1.807, 2.05) is 19.9 Å². The number of anilines is 1. The molecule has 0 amide bonds. The van der Waals surface area contributed by atoms with Crippen LogP contribution in [0, 0.1) is 19.1 Å². The molecule has 1 saturated carbocycles. The van der Waals surface area contributed by atoms with Gasteiger partial charge < -0.3 is 21.1 Å². The number of aryl methyl sites for hydroxylation is 1. The van der Waals surface area contributed by atoms with Crippen LogP contribution < -0.4 is 15.9 Å². The number of benzene rings is 1. The molecular weight excluding hydrogens is 410 g/mol. The van der Waals surface area contributed by atoms with E-state index in [0.717, 1.165) is 28.5 Å². The summed E-state index contributed by atoms with van der Waals surface area (Å²) >= 11 is 5.55. The molecule has 2 unspecified atom stereocenters. The Kier molecular flexibility index (Phi) is 6.60. The van der Waals surface area contributed by atoms with Crippen LogP contribution in [-0.2, 0) is 0 Å². The molecule has 2 atom stereocenters. The monoisotopic (exact) mass is 440 g/mol. The van der Waals surface area contributed by atoms with Crippen molar-refractivity contribution < 1.29 is 5.21 Å². The van der Waals surface area contributed by atoms with Crippen LogP contribution in [0.2, 0.25) is 0 Å². The molecule has 1 aromatic heterocycles. The summed E-state index contributed by atoms with van der Waals surface area (Å²) in [6, 6.07) is 7.57. The molecule has 0 saturated heterocycles. The van der Waals surface area contributed by atoms with Gasteiger partial charge in [-0.3, -0.25) is 5.21 Å². The largest absolute Gasteiger partial charge is 0.733 e. The van der Waals surface area contributed by atoms with Gasteiger partial charge in [-0.05, 0) is 57.5 Å². The summed E-state index contributed by atoms with van der Waals surface area (Å²) in [5.74, 6) is 0.216. The normalized spacial score (nSPS) is 21.3. The van der Waals surface area contributed by atoms with Gasteiger partial charge in [-0.2, -0.15) is 5.10 Å². The maximum absolute atomic E-state index is 11.6. The van der Waals surface area contributed by atoms with Gasteiger partial charge in [0.2, 0.25) is 0 Å². The number of allylic oxidation sites excluding steroid dienone is 1. The van der Waals surface area contributed by atoms with Crippen molar-refractivity contribution in [2.24, 2.45) is 0 Å². The first-order valence-corrected chi connectivity index (χ1v) is 11.4. The first-order valence-electron chi connectivity index (χ1n) is 11.0. The number of hydrogen-bond acceptors (Lipinski definition) is 5. The number of aromatic nitrogens is 2. The van der Waals surface area contributed by atoms with E-state index < -0.39 is 0 Å². The zero-order valence-electron chi connectivity index (χ0n) is 18.0. The fraction of sp³-hybridized carbons (Fsp3) is 0.478. The number of rotatable bonds is 5. The smallest absolute Gasteiger partial charge is 0.166 e. The van der Waals surface area contributed by atoms with Crippen molar-refractivity contribution in [3.05, 3.63) is 58.6 Å². The van der Waals surface area contributed by atoms with Crippen molar-refractivity contribution in [3.63, 3.8) is 0 Å². The second-order valence-corrected chi connectivity index (χ2v) is 8.95. The van der Waals surface area contributed by atoms with Crippen LogP contribution in [0.3, 0.4) is 0 Å². The third kappa shape index (κ3) is 4.76. The lowest BCUT2D eigenvalue weighted by molar-refractivity contribution is 0.296. The first kappa shape index (κ1) is 21.8. The maximum Gasteiger partial charge on any atom is 0.166 e. The number of nitrogens with zero attached hydrogens (tertiary/aromatic N) is 3. The van der Waals surface area contributed by atoms with Crippen LogP contribution in [0.4, 0.5) is 5.69 Å². The Morgan fingerprint density at radius 1 is 1.16 bits per heavy atom. The molecule has 0 bridgehead atoms. The number of hydrogen-bond donors (Lipinski definition) is 3. The van der Waals surface area contributed by atoms with Crippen LogP contribution >= 0.6 is 12.2 Å². The third-order valence-corrected chi connectivity index (χ3v) is 6.61. The Balaban J connectivity index is 1.45. The van der Waals surface area contributed by atoms with Crippen molar-refractivity contribution in [1.82, 2.24) is 20.4 Å². The van der Waals surface area contributed by atoms with Gasteiger partial charge in [-0.15, -0.1) is 0 Å². The molecule has 1 heterocycles. The van der Waals surface area contributed by atoms with Crippen molar-refractivity contribution in [1.29, 1.82) is 0 Å². The molecule has 31 heavy (non-hydrogen) atoms. The minimum Gasteiger partial charge on any atom is -0.733 e. The van der Waals surface area contributed by atoms with E-state index in [1.54, 1.807) is 22.9 Å². The van der Waals surface area contributed by atoms with E-state index >= 15 is 0 Å². The first-order chi connectivity index (χ1) is 14.9. The Hall–Kier alpha value is -2.42. The van der Waals surface area contributed by atoms with E-state index in [4.69, 9.17) is 12.2 Å². The summed E-state index contributed by atoms with van der Waals surface area (Å²) in [6.45, 7) is 3.99. The highest BCUT2D eigenvalue weighted by atomic mass is 32.1. The Bertz CT molecular complexity index is 965. The zero-order valence-corrected chi connectivity index (χ0v) is 18.9. The minimum atomic E-state index is -0.110. The molecule has 8 heteroatoms. The molecule has 1 fully saturated rings. The fourth-order valence-corrected chi connectivity index (χ4v) is 5.21. The molecule has 166 valence electrons. The Morgan fingerprint density at radius 3 is 2.65 bits per heavy atom. The molecule has 0 spiro atoms. The van der Waals surface area contributed by atoms with Crippen LogP contribution in [0.25, 0.3) is 5.69 Å². The predicted octanol–water partition coefficient (Wildman–Crippen LogP) is 4.39. The van der Waals surface area contributed by atoms with Gasteiger partial charge in [0.05, 0.1) is 17.1 Å². The quantitative estimate of drug-likeness (QED) is 0.361. The molecule has 4 rings (SSSR count). The molecule has 0 radical (unpaired) electrons. The number of para-hydroxylation sites is 2. The number of nitrogens with one attached hydrogen (secondary N) is 2. The van der Waals surface area contributed by atoms with E-state index in [0.29, 0.717) is 11.7 Å². The van der Waals surface area contributed by atoms with Gasteiger partial charge in [0, 0.05) is 29.3 Å². The third-order valence-electron chi connectivity index (χ3n) is 6.37. The lowest BCUT2D eigenvalue weighted by atomic mass is 9.95. The molecule has 2 aliphatic rings. The molecule has 0 aliphatic heterocycles. The van der Waals surface area contributed by atoms with Crippen molar-refractivity contribution in [3.8, 4) is 5.69 Å². The molecule has 7 nitrogen and oxygen atoms in total. The van der Waals surface area contributed by atoms with Gasteiger partial charge in [0.1, 0.15) is 0 Å². The number of thiocarbonyl (C=S) groups is 1. The summed E-state index contributed by atoms with van der Waals surface area (Å²) < 4.78 is 1.74. The van der Waals surface area contributed by atoms with Crippen LogP contribution in [0.15, 0.2) is 36.4 Å². The standard InChI is InChI=1S/C23H30N5O2S/c1-15-22(16(2)27(26-15)20-10-6-7-11-21(20)28(29)30)17-12-13-19(14-17)25-23(31)24-18-8-4-3-5-9-18/h6-7,10-13,17-19,29H,3-5,8-9,14H2,1-2H3,(H2,24,25,31)/q-1. The Labute approximate surface area is 188 Å². The van der Waals surface area contributed by atoms with Crippen LogP contribution in [0.5, 0.6) is 0 Å². The maximum atomic E-state index is 11.6. The highest BCUT2D eigenvalue weighted by Gasteiger charge is 2.27. The molecule has 2 aromatic rings. The van der Waals surface area contributed by atoms with Crippen molar-refractivity contribution in [2.75, 3.05) is 5.23 Å². The average molecular weight is 441 g/mol. The topological polar surface area (TPSA) is 88.4 Å². The summed E-state index contributed by atoms with van der Waals surface area (Å²) in [5, 5.41) is 33.3. The van der Waals surface area contributed by atoms with Gasteiger partial charge in [0.15, 0.2) is 5.11 Å². The highest BCUT2D eigenvalue weighted by Crippen LogP contribution is 2.35. The van der Waals surface area contributed by atoms with E-state index in [-0.39, 0.29) is 22.9 Å². The second-order valence-electron chi connectivity index (χ2n) is 8.54. The van der Waals surface area contributed by atoms with Gasteiger partial charge >= 0.3 is 0 Å². The average Bonchev–Trinajstić information content (AvgIpc) is 3.31. The van der Waals surface area contributed by atoms with E-state index in [2.05, 4.69) is 27.9 Å². The van der Waals surface area contributed by atoms with Crippen LogP contribution in [0.1, 0.15) is 61.4 Å². The summed E-state index contributed by atoms with van der Waals surface area (Å²) in [4.78, 5) is 0. The lowest BCUT2D eigenvalue weighted by Crippen LogP contribution is -2.45.